The Balaban J connectivity index is 1.81. The van der Waals surface area contributed by atoms with Crippen molar-refractivity contribution >= 4 is 44.9 Å². The highest BCUT2D eigenvalue weighted by molar-refractivity contribution is 7.17. The second-order valence-corrected chi connectivity index (χ2v) is 5.99. The molecule has 1 aliphatic heterocycles. The van der Waals surface area contributed by atoms with Gasteiger partial charge in [-0.3, -0.25) is 0 Å². The topological polar surface area (TPSA) is 78.4 Å². The summed E-state index contributed by atoms with van der Waals surface area (Å²) in [7, 11) is 0. The minimum atomic E-state index is -0.875. The molecule has 2 N–H and O–H groups in total. The second-order valence-electron chi connectivity index (χ2n) is 4.71. The molecule has 20 heavy (non-hydrogen) atoms. The first-order chi connectivity index (χ1) is 9.65. The molecular formula is C12H13ClN4O2S. The van der Waals surface area contributed by atoms with Crippen molar-refractivity contribution in [2.45, 2.75) is 18.9 Å². The summed E-state index contributed by atoms with van der Waals surface area (Å²) in [6.07, 6.45) is 0.888. The van der Waals surface area contributed by atoms with Crippen LogP contribution in [0, 0.1) is 0 Å². The monoisotopic (exact) mass is 312 g/mol. The fourth-order valence-electron chi connectivity index (χ4n) is 2.40. The number of halogens is 1. The van der Waals surface area contributed by atoms with Crippen molar-refractivity contribution in [1.29, 1.82) is 0 Å². The lowest BCUT2D eigenvalue weighted by Gasteiger charge is -2.31. The summed E-state index contributed by atoms with van der Waals surface area (Å²) in [6.45, 7) is 1.06. The summed E-state index contributed by atoms with van der Waals surface area (Å²) in [4.78, 5) is 12.4. The molecule has 2 aromatic rings. The van der Waals surface area contributed by atoms with E-state index in [4.69, 9.17) is 16.7 Å². The van der Waals surface area contributed by atoms with Gasteiger partial charge in [0.25, 0.3) is 0 Å². The largest absolute Gasteiger partial charge is 0.465 e. The molecular weight excluding hydrogens is 300 g/mol. The van der Waals surface area contributed by atoms with E-state index in [0.29, 0.717) is 24.1 Å². The molecule has 1 aliphatic rings. The lowest BCUT2D eigenvalue weighted by Crippen LogP contribution is -2.44. The molecule has 0 saturated carbocycles. The smallest absolute Gasteiger partial charge is 0.407 e. The van der Waals surface area contributed by atoms with Gasteiger partial charge in [-0.25, -0.2) is 4.79 Å². The molecule has 8 heteroatoms. The van der Waals surface area contributed by atoms with Crippen LogP contribution in [0.25, 0.3) is 10.1 Å². The first kappa shape index (κ1) is 13.4. The zero-order valence-corrected chi connectivity index (χ0v) is 12.1. The average molecular weight is 313 g/mol. The summed E-state index contributed by atoms with van der Waals surface area (Å²) in [5.41, 5.74) is 0. The van der Waals surface area contributed by atoms with Crippen molar-refractivity contribution in [3.05, 3.63) is 16.6 Å². The third kappa shape index (κ3) is 2.51. The highest BCUT2D eigenvalue weighted by Gasteiger charge is 2.24. The molecule has 0 aromatic carbocycles. The van der Waals surface area contributed by atoms with Gasteiger partial charge >= 0.3 is 6.09 Å². The van der Waals surface area contributed by atoms with Crippen LogP contribution >= 0.6 is 22.9 Å². The molecule has 1 unspecified atom stereocenters. The highest BCUT2D eigenvalue weighted by Crippen LogP contribution is 2.31. The Morgan fingerprint density at radius 3 is 3.20 bits per heavy atom. The molecule has 1 atom stereocenters. The number of carbonyl (C=O) groups is 1. The maximum atomic E-state index is 11.0. The minimum Gasteiger partial charge on any atom is -0.465 e. The Hall–Kier alpha value is -1.60. The van der Waals surface area contributed by atoms with Crippen molar-refractivity contribution < 1.29 is 9.90 Å². The molecule has 106 valence electrons. The standard InChI is InChI=1S/C12H13ClN4O2S/c13-10-8-3-5-20-9(8)11(16-15-10)14-7-2-1-4-17(6-7)12(18)19/h3,5,7H,1-2,4,6H2,(H,14,16)(H,18,19). The Morgan fingerprint density at radius 1 is 1.55 bits per heavy atom. The van der Waals surface area contributed by atoms with Crippen LogP contribution in [-0.2, 0) is 0 Å². The molecule has 1 saturated heterocycles. The van der Waals surface area contributed by atoms with Gasteiger partial charge in [0, 0.05) is 24.5 Å². The van der Waals surface area contributed by atoms with Crippen LogP contribution in [0.15, 0.2) is 11.4 Å². The molecule has 3 heterocycles. The van der Waals surface area contributed by atoms with Crippen LogP contribution in [0.5, 0.6) is 0 Å². The number of piperidine rings is 1. The van der Waals surface area contributed by atoms with Crippen LogP contribution < -0.4 is 5.32 Å². The molecule has 0 radical (unpaired) electrons. The molecule has 0 aliphatic carbocycles. The number of thiophene rings is 1. The number of hydrogen-bond acceptors (Lipinski definition) is 5. The number of nitrogens with zero attached hydrogens (tertiary/aromatic N) is 3. The summed E-state index contributed by atoms with van der Waals surface area (Å²) in [6, 6.07) is 1.97. The number of nitrogens with one attached hydrogen (secondary N) is 1. The Labute approximate surface area is 124 Å². The molecule has 0 spiro atoms. The number of rotatable bonds is 2. The first-order valence-electron chi connectivity index (χ1n) is 6.29. The van der Waals surface area contributed by atoms with Gasteiger partial charge in [-0.05, 0) is 24.3 Å². The fraction of sp³-hybridized carbons (Fsp3) is 0.417. The van der Waals surface area contributed by atoms with Crippen LogP contribution in [0.1, 0.15) is 12.8 Å². The van der Waals surface area contributed by atoms with Gasteiger partial charge in [0.05, 0.1) is 4.70 Å². The number of aromatic nitrogens is 2. The summed E-state index contributed by atoms with van der Waals surface area (Å²) in [5.74, 6) is 0.677. The molecule has 0 bridgehead atoms. The van der Waals surface area contributed by atoms with Gasteiger partial charge < -0.3 is 15.3 Å². The number of hydrogen-bond donors (Lipinski definition) is 2. The Kier molecular flexibility index (Phi) is 3.62. The number of fused-ring (bicyclic) bond motifs is 1. The van der Waals surface area contributed by atoms with Crippen LogP contribution in [0.2, 0.25) is 5.15 Å². The summed E-state index contributed by atoms with van der Waals surface area (Å²) >= 11 is 7.54. The van der Waals surface area contributed by atoms with Crippen LogP contribution in [0.4, 0.5) is 10.6 Å². The predicted octanol–water partition coefficient (Wildman–Crippen LogP) is 2.90. The molecule has 3 rings (SSSR count). The zero-order chi connectivity index (χ0) is 14.1. The van der Waals surface area contributed by atoms with Crippen molar-refractivity contribution in [2.75, 3.05) is 18.4 Å². The lowest BCUT2D eigenvalue weighted by molar-refractivity contribution is 0.133. The van der Waals surface area contributed by atoms with Crippen molar-refractivity contribution in [3.63, 3.8) is 0 Å². The quantitative estimate of drug-likeness (QED) is 0.891. The zero-order valence-electron chi connectivity index (χ0n) is 10.5. The third-order valence-electron chi connectivity index (χ3n) is 3.37. The Morgan fingerprint density at radius 2 is 2.40 bits per heavy atom. The predicted molar refractivity (Wildman–Crippen MR) is 78.7 cm³/mol. The Bertz CT molecular complexity index is 647. The number of amides is 1. The van der Waals surface area contributed by atoms with Gasteiger partial charge in [0.2, 0.25) is 0 Å². The van der Waals surface area contributed by atoms with Gasteiger partial charge in [-0.1, -0.05) is 11.6 Å². The van der Waals surface area contributed by atoms with Crippen LogP contribution in [0.3, 0.4) is 0 Å². The number of anilines is 1. The van der Waals surface area contributed by atoms with Gasteiger partial charge in [-0.15, -0.1) is 21.5 Å². The molecule has 2 aromatic heterocycles. The SMILES string of the molecule is O=C(O)N1CCCC(Nc2nnc(Cl)c3ccsc23)C1. The average Bonchev–Trinajstić information content (AvgIpc) is 2.93. The fourth-order valence-corrected chi connectivity index (χ4v) is 3.50. The minimum absolute atomic E-state index is 0.0561. The van der Waals surface area contributed by atoms with E-state index in [1.807, 2.05) is 11.4 Å². The molecule has 1 amide bonds. The van der Waals surface area contributed by atoms with E-state index in [0.717, 1.165) is 22.9 Å². The van der Waals surface area contributed by atoms with Gasteiger partial charge in [-0.2, -0.15) is 0 Å². The lowest BCUT2D eigenvalue weighted by atomic mass is 10.1. The van der Waals surface area contributed by atoms with Crippen molar-refractivity contribution in [1.82, 2.24) is 15.1 Å². The third-order valence-corrected chi connectivity index (χ3v) is 4.57. The molecule has 1 fully saturated rings. The van der Waals surface area contributed by atoms with E-state index in [-0.39, 0.29) is 6.04 Å². The van der Waals surface area contributed by atoms with Gasteiger partial charge in [0.15, 0.2) is 11.0 Å². The highest BCUT2D eigenvalue weighted by atomic mass is 35.5. The maximum Gasteiger partial charge on any atom is 0.407 e. The van der Waals surface area contributed by atoms with E-state index in [1.54, 1.807) is 11.3 Å². The summed E-state index contributed by atoms with van der Waals surface area (Å²) in [5, 5.41) is 23.6. The van der Waals surface area contributed by atoms with E-state index in [9.17, 15) is 4.79 Å². The summed E-state index contributed by atoms with van der Waals surface area (Å²) < 4.78 is 0.956. The van der Waals surface area contributed by atoms with Crippen molar-refractivity contribution in [2.24, 2.45) is 0 Å². The molecule has 6 nitrogen and oxygen atoms in total. The van der Waals surface area contributed by atoms with E-state index in [1.165, 1.54) is 4.90 Å². The normalized spacial score (nSPS) is 19.2. The van der Waals surface area contributed by atoms with E-state index < -0.39 is 6.09 Å². The van der Waals surface area contributed by atoms with E-state index >= 15 is 0 Å². The van der Waals surface area contributed by atoms with Crippen LogP contribution in [-0.4, -0.2) is 45.4 Å². The van der Waals surface area contributed by atoms with Gasteiger partial charge in [0.1, 0.15) is 0 Å². The number of likely N-dealkylation sites (tertiary alicyclic amines) is 1. The second kappa shape index (κ2) is 5.41. The van der Waals surface area contributed by atoms with E-state index in [2.05, 4.69) is 15.5 Å². The number of carboxylic acid groups (broad SMARTS) is 1. The first-order valence-corrected chi connectivity index (χ1v) is 7.54. The maximum absolute atomic E-state index is 11.0. The van der Waals surface area contributed by atoms with Crippen molar-refractivity contribution in [3.8, 4) is 0 Å².